The summed E-state index contributed by atoms with van der Waals surface area (Å²) in [5, 5.41) is 19.1. The molecule has 1 aromatic rings. The van der Waals surface area contributed by atoms with E-state index in [9.17, 15) is 24.6 Å². The number of carboxylic acid groups (broad SMARTS) is 1. The van der Waals surface area contributed by atoms with Crippen LogP contribution in [-0.4, -0.2) is 68.6 Å². The molecule has 0 aromatic heterocycles. The number of thioether (sulfide) groups is 1. The Bertz CT molecular complexity index is 961. The fourth-order valence-electron chi connectivity index (χ4n) is 6.15. The van der Waals surface area contributed by atoms with Gasteiger partial charge in [0, 0.05) is 30.6 Å². The first-order valence-corrected chi connectivity index (χ1v) is 12.5. The van der Waals surface area contributed by atoms with Crippen LogP contribution in [0.1, 0.15) is 36.8 Å². The van der Waals surface area contributed by atoms with Crippen LogP contribution in [0.15, 0.2) is 30.9 Å². The van der Waals surface area contributed by atoms with E-state index >= 15 is 0 Å². The predicted molar refractivity (Wildman–Crippen MR) is 128 cm³/mol. The topological polar surface area (TPSA) is 98.2 Å². The largest absolute Gasteiger partial charge is 0.481 e. The smallest absolute Gasteiger partial charge is 0.308 e. The molecule has 33 heavy (non-hydrogen) atoms. The zero-order valence-electron chi connectivity index (χ0n) is 19.2. The van der Waals surface area contributed by atoms with Gasteiger partial charge in [0.25, 0.3) is 5.91 Å². The molecule has 3 saturated heterocycles. The maximum atomic E-state index is 14.3. The van der Waals surface area contributed by atoms with Crippen molar-refractivity contribution in [1.29, 1.82) is 0 Å². The van der Waals surface area contributed by atoms with Crippen LogP contribution in [0.3, 0.4) is 0 Å². The molecule has 1 spiro atoms. The van der Waals surface area contributed by atoms with Gasteiger partial charge in [-0.1, -0.05) is 24.3 Å². The lowest BCUT2D eigenvalue weighted by Gasteiger charge is -2.38. The zero-order chi connectivity index (χ0) is 23.9. The average Bonchev–Trinajstić information content (AvgIpc) is 3.40. The normalized spacial score (nSPS) is 29.9. The van der Waals surface area contributed by atoms with Crippen LogP contribution in [0.4, 0.5) is 5.69 Å². The summed E-state index contributed by atoms with van der Waals surface area (Å²) in [6.07, 6.45) is 4.12. The van der Waals surface area contributed by atoms with Crippen molar-refractivity contribution in [2.75, 3.05) is 24.6 Å². The SMILES string of the molecule is C=CCN(C(=O)C1N(CCCCO)C(=O)[C@@H]2[C@@H](C(=O)O)[C@H]3CCC12S3)c1c(C)cccc1C. The van der Waals surface area contributed by atoms with Crippen molar-refractivity contribution in [2.45, 2.75) is 55.6 Å². The average molecular weight is 473 g/mol. The Labute approximate surface area is 198 Å². The van der Waals surface area contributed by atoms with E-state index in [4.69, 9.17) is 0 Å². The predicted octanol–water partition coefficient (Wildman–Crippen LogP) is 2.77. The van der Waals surface area contributed by atoms with Crippen molar-refractivity contribution in [3.05, 3.63) is 42.0 Å². The summed E-state index contributed by atoms with van der Waals surface area (Å²) >= 11 is 1.54. The molecule has 0 radical (unpaired) electrons. The van der Waals surface area contributed by atoms with Crippen molar-refractivity contribution < 1.29 is 24.6 Å². The number of likely N-dealkylation sites (tertiary alicyclic amines) is 1. The van der Waals surface area contributed by atoms with Crippen LogP contribution in [0.5, 0.6) is 0 Å². The lowest BCUT2D eigenvalue weighted by Crippen LogP contribution is -2.55. The van der Waals surface area contributed by atoms with Gasteiger partial charge in [-0.25, -0.2) is 0 Å². The molecule has 7 nitrogen and oxygen atoms in total. The highest BCUT2D eigenvalue weighted by atomic mass is 32.2. The third-order valence-electron chi connectivity index (χ3n) is 7.41. The Hall–Kier alpha value is -2.32. The Morgan fingerprint density at radius 1 is 1.30 bits per heavy atom. The number of aliphatic hydroxyl groups is 1. The second-order valence-electron chi connectivity index (χ2n) is 9.33. The fraction of sp³-hybridized carbons (Fsp3) is 0.560. The Morgan fingerprint density at radius 3 is 2.61 bits per heavy atom. The molecule has 4 rings (SSSR count). The highest BCUT2D eigenvalue weighted by Gasteiger charge is 2.74. The molecule has 0 saturated carbocycles. The van der Waals surface area contributed by atoms with E-state index in [1.807, 2.05) is 32.0 Å². The molecule has 2 N–H and O–H groups in total. The molecule has 0 aliphatic carbocycles. The van der Waals surface area contributed by atoms with E-state index in [-0.39, 0.29) is 23.7 Å². The first-order valence-electron chi connectivity index (χ1n) is 11.6. The third-order valence-corrected chi connectivity index (χ3v) is 9.37. The first-order chi connectivity index (χ1) is 15.8. The van der Waals surface area contributed by atoms with Crippen LogP contribution < -0.4 is 4.90 Å². The molecule has 5 atom stereocenters. The number of aliphatic carboxylic acids is 1. The number of aryl methyl sites for hydroxylation is 2. The lowest BCUT2D eigenvalue weighted by molar-refractivity contribution is -0.148. The van der Waals surface area contributed by atoms with Crippen LogP contribution in [0, 0.1) is 25.7 Å². The minimum atomic E-state index is -0.950. The number of unbranched alkanes of at least 4 members (excludes halogenated alkanes) is 1. The molecule has 2 unspecified atom stereocenters. The van der Waals surface area contributed by atoms with Gasteiger partial charge in [0.15, 0.2) is 0 Å². The molecule has 2 bridgehead atoms. The number of amides is 2. The highest BCUT2D eigenvalue weighted by Crippen LogP contribution is 2.66. The Balaban J connectivity index is 1.79. The first kappa shape index (κ1) is 23.8. The number of hydrogen-bond donors (Lipinski definition) is 2. The third kappa shape index (κ3) is 3.67. The Morgan fingerprint density at radius 2 is 2.00 bits per heavy atom. The number of carbonyl (C=O) groups is 3. The molecule has 3 fully saturated rings. The van der Waals surface area contributed by atoms with Crippen molar-refractivity contribution in [3.63, 3.8) is 0 Å². The van der Waals surface area contributed by atoms with E-state index in [2.05, 4.69) is 6.58 Å². The van der Waals surface area contributed by atoms with Gasteiger partial charge in [0.1, 0.15) is 6.04 Å². The quantitative estimate of drug-likeness (QED) is 0.424. The summed E-state index contributed by atoms with van der Waals surface area (Å²) in [6, 6.07) is 5.14. The zero-order valence-corrected chi connectivity index (χ0v) is 20.0. The molecule has 2 amide bonds. The van der Waals surface area contributed by atoms with Gasteiger partial charge in [-0.2, -0.15) is 0 Å². The van der Waals surface area contributed by atoms with Crippen LogP contribution in [0.25, 0.3) is 0 Å². The van der Waals surface area contributed by atoms with Crippen LogP contribution in [-0.2, 0) is 14.4 Å². The highest BCUT2D eigenvalue weighted by molar-refractivity contribution is 8.02. The minimum absolute atomic E-state index is 0.00871. The van der Waals surface area contributed by atoms with E-state index < -0.39 is 28.6 Å². The van der Waals surface area contributed by atoms with Gasteiger partial charge in [-0.3, -0.25) is 14.4 Å². The number of aliphatic hydroxyl groups excluding tert-OH is 1. The van der Waals surface area contributed by atoms with Crippen molar-refractivity contribution >= 4 is 35.2 Å². The number of fused-ring (bicyclic) bond motifs is 1. The number of rotatable bonds is 9. The molecule has 3 aliphatic rings. The van der Waals surface area contributed by atoms with Crippen molar-refractivity contribution in [1.82, 2.24) is 4.90 Å². The van der Waals surface area contributed by atoms with E-state index in [1.165, 1.54) is 0 Å². The van der Waals surface area contributed by atoms with E-state index in [0.717, 1.165) is 16.8 Å². The summed E-state index contributed by atoms with van der Waals surface area (Å²) in [6.45, 7) is 8.42. The number of carboxylic acids is 1. The fourth-order valence-corrected chi connectivity index (χ4v) is 8.35. The summed E-state index contributed by atoms with van der Waals surface area (Å²) in [5.74, 6) is -2.80. The van der Waals surface area contributed by atoms with E-state index in [1.54, 1.807) is 27.6 Å². The van der Waals surface area contributed by atoms with Crippen LogP contribution >= 0.6 is 11.8 Å². The molecule has 178 valence electrons. The molecule has 1 aromatic carbocycles. The summed E-state index contributed by atoms with van der Waals surface area (Å²) in [5.41, 5.74) is 2.74. The number of nitrogens with zero attached hydrogens (tertiary/aromatic N) is 2. The monoisotopic (exact) mass is 472 g/mol. The molecule has 8 heteroatoms. The number of hydrogen-bond acceptors (Lipinski definition) is 5. The summed E-state index contributed by atoms with van der Waals surface area (Å²) in [4.78, 5) is 43.4. The van der Waals surface area contributed by atoms with Crippen molar-refractivity contribution in [3.8, 4) is 0 Å². The summed E-state index contributed by atoms with van der Waals surface area (Å²) in [7, 11) is 0. The second kappa shape index (κ2) is 9.14. The van der Waals surface area contributed by atoms with Gasteiger partial charge in [-0.05, 0) is 50.7 Å². The number of para-hydroxylation sites is 1. The van der Waals surface area contributed by atoms with Crippen molar-refractivity contribution in [2.24, 2.45) is 11.8 Å². The van der Waals surface area contributed by atoms with Gasteiger partial charge >= 0.3 is 5.97 Å². The van der Waals surface area contributed by atoms with Gasteiger partial charge in [-0.15, -0.1) is 18.3 Å². The number of anilines is 1. The molecular formula is C25H32N2O5S. The molecule has 3 heterocycles. The molecular weight excluding hydrogens is 440 g/mol. The Kier molecular flexibility index (Phi) is 6.60. The maximum Gasteiger partial charge on any atom is 0.308 e. The number of carbonyl (C=O) groups excluding carboxylic acids is 2. The van der Waals surface area contributed by atoms with Gasteiger partial charge in [0.05, 0.1) is 16.6 Å². The van der Waals surface area contributed by atoms with Gasteiger partial charge < -0.3 is 20.0 Å². The molecule has 3 aliphatic heterocycles. The van der Waals surface area contributed by atoms with Crippen LogP contribution in [0.2, 0.25) is 0 Å². The minimum Gasteiger partial charge on any atom is -0.481 e. The maximum absolute atomic E-state index is 14.3. The number of benzene rings is 1. The standard InChI is InChI=1S/C25H32N2O5S/c1-4-12-26(20-15(2)8-7-9-16(20)3)23(30)21-25-11-10-17(33-25)18(24(31)32)19(25)22(29)27(21)13-5-6-14-28/h4,7-9,17-19,21,28H,1,5-6,10-14H2,2-3H3,(H,31,32)/t17-,18+,19+,21?,25?/m1/s1. The lowest BCUT2D eigenvalue weighted by atomic mass is 9.71. The van der Waals surface area contributed by atoms with E-state index in [0.29, 0.717) is 38.8 Å². The van der Waals surface area contributed by atoms with Gasteiger partial charge in [0.2, 0.25) is 5.91 Å². The second-order valence-corrected chi connectivity index (χ2v) is 10.9. The summed E-state index contributed by atoms with van der Waals surface area (Å²) < 4.78 is -0.725.